The van der Waals surface area contributed by atoms with E-state index in [2.05, 4.69) is 30.2 Å². The largest absolute Gasteiger partial charge is 0.490 e. The number of aliphatic hydroxyl groups excluding tert-OH is 1. The SMILES string of the molecule is C=C1[C@@H](n2cnc3c(N)ncnc32)C[C@H](O)[C@@]1(CCl)COP(=O)(O)OP(=O)(O)OP(=O)(O)O. The Morgan fingerprint density at radius 2 is 1.85 bits per heavy atom. The molecule has 184 valence electrons. The standard InChI is InChI=1S/C13H19ClN5O11P3/c1-7-8(19-6-18-10-11(15)16-5-17-12(10)19)2-9(20)13(7,3-14)4-28-32(24,25)30-33(26,27)29-31(21,22)23/h5-6,8-9,20H,1-4H2,(H,24,25)(H,26,27)(H2,15,16,17)(H2,21,22,23)/t8-,9-,13-/m0/s1. The molecule has 1 fully saturated rings. The summed E-state index contributed by atoms with van der Waals surface area (Å²) in [5.41, 5.74) is 5.13. The summed E-state index contributed by atoms with van der Waals surface area (Å²) >= 11 is 6.06. The van der Waals surface area contributed by atoms with Crippen LogP contribution in [0.3, 0.4) is 0 Å². The van der Waals surface area contributed by atoms with Crippen molar-refractivity contribution < 1.29 is 51.5 Å². The molecule has 20 heteroatoms. The molecule has 2 aromatic heterocycles. The Bertz CT molecular complexity index is 1220. The van der Waals surface area contributed by atoms with Crippen LogP contribution in [0.25, 0.3) is 11.2 Å². The molecule has 1 aliphatic carbocycles. The molecule has 2 heterocycles. The third-order valence-electron chi connectivity index (χ3n) is 4.99. The van der Waals surface area contributed by atoms with Crippen LogP contribution in [0.2, 0.25) is 0 Å². The van der Waals surface area contributed by atoms with Crippen molar-refractivity contribution in [3.05, 3.63) is 24.8 Å². The Hall–Kier alpha value is -1.25. The zero-order valence-corrected chi connectivity index (χ0v) is 19.8. The summed E-state index contributed by atoms with van der Waals surface area (Å²) in [7, 11) is -16.7. The van der Waals surface area contributed by atoms with Crippen molar-refractivity contribution in [2.45, 2.75) is 18.6 Å². The van der Waals surface area contributed by atoms with Crippen molar-refractivity contribution >= 4 is 52.1 Å². The Morgan fingerprint density at radius 1 is 1.18 bits per heavy atom. The lowest BCUT2D eigenvalue weighted by Crippen LogP contribution is -2.38. The number of nitrogens with two attached hydrogens (primary N) is 1. The number of anilines is 1. The van der Waals surface area contributed by atoms with Crippen molar-refractivity contribution in [1.29, 1.82) is 0 Å². The van der Waals surface area contributed by atoms with Crippen molar-refractivity contribution in [3.8, 4) is 0 Å². The highest BCUT2D eigenvalue weighted by Crippen LogP contribution is 2.67. The van der Waals surface area contributed by atoms with Crippen LogP contribution >= 0.6 is 35.1 Å². The summed E-state index contributed by atoms with van der Waals surface area (Å²) in [4.78, 5) is 48.3. The maximum Gasteiger partial charge on any atom is 0.490 e. The summed E-state index contributed by atoms with van der Waals surface area (Å²) in [5, 5.41) is 10.7. The molecule has 5 atom stereocenters. The lowest BCUT2D eigenvalue weighted by molar-refractivity contribution is 0.0390. The van der Waals surface area contributed by atoms with E-state index in [0.717, 1.165) is 0 Å². The average molecular weight is 550 g/mol. The van der Waals surface area contributed by atoms with Crippen molar-refractivity contribution in [1.82, 2.24) is 19.5 Å². The second-order valence-electron chi connectivity index (χ2n) is 7.03. The molecule has 1 saturated carbocycles. The first-order valence-electron chi connectivity index (χ1n) is 8.75. The van der Waals surface area contributed by atoms with E-state index >= 15 is 0 Å². The van der Waals surface area contributed by atoms with Crippen LogP contribution in [0.1, 0.15) is 12.5 Å². The number of aliphatic hydroxyl groups is 1. The number of halogens is 1. The molecule has 33 heavy (non-hydrogen) atoms. The minimum atomic E-state index is -5.70. The molecule has 0 saturated heterocycles. The summed E-state index contributed by atoms with van der Waals surface area (Å²) in [6, 6.07) is -0.650. The number of fused-ring (bicyclic) bond motifs is 1. The van der Waals surface area contributed by atoms with Crippen LogP contribution < -0.4 is 5.73 Å². The second kappa shape index (κ2) is 9.08. The van der Waals surface area contributed by atoms with Crippen molar-refractivity contribution in [3.63, 3.8) is 0 Å². The predicted octanol–water partition coefficient (Wildman–Crippen LogP) is 0.839. The van der Waals surface area contributed by atoms with Gasteiger partial charge < -0.3 is 35.0 Å². The Morgan fingerprint density at radius 3 is 2.45 bits per heavy atom. The van der Waals surface area contributed by atoms with Gasteiger partial charge in [0, 0.05) is 5.88 Å². The number of aromatic nitrogens is 4. The molecule has 2 unspecified atom stereocenters. The minimum absolute atomic E-state index is 0.0146. The van der Waals surface area contributed by atoms with Gasteiger partial charge in [0.25, 0.3) is 0 Å². The fourth-order valence-corrected chi connectivity index (χ4v) is 6.92. The van der Waals surface area contributed by atoms with E-state index in [4.69, 9.17) is 31.6 Å². The van der Waals surface area contributed by atoms with Gasteiger partial charge >= 0.3 is 23.5 Å². The molecular formula is C13H19ClN5O11P3. The predicted molar refractivity (Wildman–Crippen MR) is 112 cm³/mol. The number of alkyl halides is 1. The zero-order valence-electron chi connectivity index (χ0n) is 16.4. The van der Waals surface area contributed by atoms with Crippen LogP contribution in [-0.4, -0.2) is 62.8 Å². The molecular weight excluding hydrogens is 531 g/mol. The van der Waals surface area contributed by atoms with Gasteiger partial charge in [0.1, 0.15) is 11.8 Å². The van der Waals surface area contributed by atoms with Gasteiger partial charge in [-0.3, -0.25) is 4.52 Å². The molecule has 0 aliphatic heterocycles. The minimum Gasteiger partial charge on any atom is -0.392 e. The summed E-state index contributed by atoms with van der Waals surface area (Å²) in [5.74, 6) is -0.234. The first kappa shape index (κ1) is 26.4. The van der Waals surface area contributed by atoms with E-state index in [9.17, 15) is 28.6 Å². The number of hydrogen-bond acceptors (Lipinski definition) is 11. The first-order chi connectivity index (χ1) is 15.1. The molecule has 16 nitrogen and oxygen atoms in total. The van der Waals surface area contributed by atoms with E-state index in [1.165, 1.54) is 12.7 Å². The number of hydrogen-bond donors (Lipinski definition) is 6. The fourth-order valence-electron chi connectivity index (χ4n) is 3.41. The van der Waals surface area contributed by atoms with Crippen molar-refractivity contribution in [2.24, 2.45) is 5.41 Å². The van der Waals surface area contributed by atoms with E-state index in [1.807, 2.05) is 0 Å². The number of phosphoric ester groups is 1. The van der Waals surface area contributed by atoms with Crippen LogP contribution in [0, 0.1) is 5.41 Å². The number of nitrogen functional groups attached to an aromatic ring is 1. The van der Waals surface area contributed by atoms with Crippen molar-refractivity contribution in [2.75, 3.05) is 18.2 Å². The first-order valence-corrected chi connectivity index (χ1v) is 13.8. The summed E-state index contributed by atoms with van der Waals surface area (Å²) in [6.45, 7) is 3.11. The van der Waals surface area contributed by atoms with E-state index in [0.29, 0.717) is 11.2 Å². The Labute approximate surface area is 190 Å². The lowest BCUT2D eigenvalue weighted by atomic mass is 9.83. The lowest BCUT2D eigenvalue weighted by Gasteiger charge is -2.32. The van der Waals surface area contributed by atoms with E-state index in [1.54, 1.807) is 4.57 Å². The van der Waals surface area contributed by atoms with Gasteiger partial charge in [0.15, 0.2) is 11.5 Å². The fraction of sp³-hybridized carbons (Fsp3) is 0.462. The van der Waals surface area contributed by atoms with E-state index < -0.39 is 47.6 Å². The molecule has 0 aromatic carbocycles. The summed E-state index contributed by atoms with van der Waals surface area (Å²) < 4.78 is 48.0. The molecule has 0 spiro atoms. The third kappa shape index (κ3) is 5.54. The number of imidazole rings is 1. The highest BCUT2D eigenvalue weighted by atomic mass is 35.5. The van der Waals surface area contributed by atoms with Gasteiger partial charge in [-0.25, -0.2) is 28.6 Å². The molecule has 2 aromatic rings. The zero-order chi connectivity index (χ0) is 24.8. The smallest absolute Gasteiger partial charge is 0.392 e. The van der Waals surface area contributed by atoms with Gasteiger partial charge in [-0.05, 0) is 12.0 Å². The normalized spacial score (nSPS) is 27.5. The third-order valence-corrected chi connectivity index (χ3v) is 9.25. The number of phosphoric acid groups is 3. The monoisotopic (exact) mass is 549 g/mol. The molecule has 0 bridgehead atoms. The Balaban J connectivity index is 1.82. The molecule has 3 rings (SSSR count). The number of rotatable bonds is 9. The molecule has 0 amide bonds. The molecule has 1 aliphatic rings. The quantitative estimate of drug-likeness (QED) is 0.144. The number of nitrogens with zero attached hydrogens (tertiary/aromatic N) is 4. The highest BCUT2D eigenvalue weighted by Gasteiger charge is 2.52. The van der Waals surface area contributed by atoms with Gasteiger partial charge in [-0.2, -0.15) is 8.62 Å². The van der Waals surface area contributed by atoms with Gasteiger partial charge in [-0.1, -0.05) is 6.58 Å². The molecule has 7 N–H and O–H groups in total. The molecule has 0 radical (unpaired) electrons. The highest BCUT2D eigenvalue weighted by molar-refractivity contribution is 7.66. The van der Waals surface area contributed by atoms with Gasteiger partial charge in [0.2, 0.25) is 0 Å². The second-order valence-corrected chi connectivity index (χ2v) is 11.7. The maximum atomic E-state index is 12.1. The maximum absolute atomic E-state index is 12.1. The van der Waals surface area contributed by atoms with Gasteiger partial charge in [-0.15, -0.1) is 11.6 Å². The van der Waals surface area contributed by atoms with Gasteiger partial charge in [0.05, 0.1) is 30.5 Å². The van der Waals surface area contributed by atoms with Crippen LogP contribution in [0.5, 0.6) is 0 Å². The topological polar surface area (TPSA) is 250 Å². The summed E-state index contributed by atoms with van der Waals surface area (Å²) in [6.07, 6.45) is 1.36. The Kier molecular flexibility index (Phi) is 7.25. The van der Waals surface area contributed by atoms with Crippen LogP contribution in [0.4, 0.5) is 5.82 Å². The average Bonchev–Trinajstić information content (AvgIpc) is 3.18. The van der Waals surface area contributed by atoms with Crippen LogP contribution in [0.15, 0.2) is 24.8 Å². The van der Waals surface area contributed by atoms with E-state index in [-0.39, 0.29) is 23.7 Å². The van der Waals surface area contributed by atoms with Crippen LogP contribution in [-0.2, 0) is 26.8 Å².